The molecule has 0 spiro atoms. The van der Waals surface area contributed by atoms with Crippen molar-refractivity contribution in [3.8, 4) is 5.75 Å². The summed E-state index contributed by atoms with van der Waals surface area (Å²) < 4.78 is 11.2. The molecule has 0 radical (unpaired) electrons. The summed E-state index contributed by atoms with van der Waals surface area (Å²) in [6.45, 7) is 0. The molecule has 23 heavy (non-hydrogen) atoms. The maximum Gasteiger partial charge on any atom is 0.197 e. The molecule has 2 atom stereocenters. The summed E-state index contributed by atoms with van der Waals surface area (Å²) in [4.78, 5) is 0. The second-order valence-electron chi connectivity index (χ2n) is 6.13. The van der Waals surface area contributed by atoms with Crippen molar-refractivity contribution in [3.05, 3.63) is 71.0 Å². The van der Waals surface area contributed by atoms with Crippen LogP contribution in [-0.2, 0) is 11.2 Å². The number of hydrogen-bond donors (Lipinski definition) is 1. The van der Waals surface area contributed by atoms with Crippen LogP contribution < -0.4 is 4.74 Å². The molecule has 1 aliphatic carbocycles. The third-order valence-corrected chi connectivity index (χ3v) is 4.80. The standard InChI is InChI=1S/C20H20O3/c1-22-15-9-7-14-8-10-18-20(16(14)11-15)17(12-19(21)23-18)13-5-3-2-4-6-13/h2-7,9,11,17,19,21H,8,10,12H2,1H3/t17-,19?/m0/s1. The maximum atomic E-state index is 10.1. The fourth-order valence-corrected chi connectivity index (χ4v) is 3.71. The number of hydrogen-bond acceptors (Lipinski definition) is 3. The maximum absolute atomic E-state index is 10.1. The van der Waals surface area contributed by atoms with Gasteiger partial charge in [0.25, 0.3) is 0 Å². The highest BCUT2D eigenvalue weighted by Gasteiger charge is 2.34. The van der Waals surface area contributed by atoms with Gasteiger partial charge in [-0.3, -0.25) is 0 Å². The second-order valence-corrected chi connectivity index (χ2v) is 6.13. The van der Waals surface area contributed by atoms with Crippen molar-refractivity contribution in [2.75, 3.05) is 7.11 Å². The molecule has 118 valence electrons. The van der Waals surface area contributed by atoms with Crippen molar-refractivity contribution in [1.29, 1.82) is 0 Å². The Morgan fingerprint density at radius 3 is 2.70 bits per heavy atom. The molecule has 0 aromatic heterocycles. The van der Waals surface area contributed by atoms with Crippen molar-refractivity contribution in [3.63, 3.8) is 0 Å². The van der Waals surface area contributed by atoms with Crippen LogP contribution in [0.2, 0.25) is 0 Å². The molecular formula is C20H20O3. The van der Waals surface area contributed by atoms with E-state index in [4.69, 9.17) is 9.47 Å². The van der Waals surface area contributed by atoms with E-state index in [-0.39, 0.29) is 5.92 Å². The van der Waals surface area contributed by atoms with E-state index in [9.17, 15) is 5.11 Å². The lowest BCUT2D eigenvalue weighted by Crippen LogP contribution is -2.26. The van der Waals surface area contributed by atoms with Gasteiger partial charge in [0.05, 0.1) is 7.11 Å². The quantitative estimate of drug-likeness (QED) is 0.915. The fourth-order valence-electron chi connectivity index (χ4n) is 3.71. The van der Waals surface area contributed by atoms with Gasteiger partial charge in [0.15, 0.2) is 6.29 Å². The van der Waals surface area contributed by atoms with E-state index in [1.807, 2.05) is 24.3 Å². The average molecular weight is 308 g/mol. The Hall–Kier alpha value is -2.26. The molecular weight excluding hydrogens is 288 g/mol. The molecule has 0 saturated heterocycles. The third-order valence-electron chi connectivity index (χ3n) is 4.80. The smallest absolute Gasteiger partial charge is 0.197 e. The Bertz CT molecular complexity index is 749. The number of benzene rings is 2. The number of methoxy groups -OCH3 is 1. The highest BCUT2D eigenvalue weighted by atomic mass is 16.6. The number of aliphatic hydroxyl groups excluding tert-OH is 1. The first-order valence-electron chi connectivity index (χ1n) is 8.06. The summed E-state index contributed by atoms with van der Waals surface area (Å²) in [5, 5.41) is 10.1. The van der Waals surface area contributed by atoms with Crippen LogP contribution in [0, 0.1) is 0 Å². The Morgan fingerprint density at radius 2 is 1.91 bits per heavy atom. The molecule has 4 rings (SSSR count). The van der Waals surface area contributed by atoms with E-state index in [2.05, 4.69) is 24.3 Å². The molecule has 3 heteroatoms. The number of ether oxygens (including phenoxy) is 2. The molecule has 2 aliphatic rings. The normalized spacial score (nSPS) is 22.9. The molecule has 1 aliphatic heterocycles. The summed E-state index contributed by atoms with van der Waals surface area (Å²) in [5.41, 5.74) is 4.96. The number of aryl methyl sites for hydroxylation is 1. The predicted molar refractivity (Wildman–Crippen MR) is 89.1 cm³/mol. The van der Waals surface area contributed by atoms with Gasteiger partial charge < -0.3 is 14.6 Å². The molecule has 0 fully saturated rings. The molecule has 2 aromatic carbocycles. The van der Waals surface area contributed by atoms with Crippen LogP contribution in [0.25, 0.3) is 5.57 Å². The van der Waals surface area contributed by atoms with Crippen LogP contribution in [0.4, 0.5) is 0 Å². The van der Waals surface area contributed by atoms with Gasteiger partial charge >= 0.3 is 0 Å². The van der Waals surface area contributed by atoms with E-state index in [1.165, 1.54) is 22.3 Å². The number of fused-ring (bicyclic) bond motifs is 2. The highest BCUT2D eigenvalue weighted by molar-refractivity contribution is 5.78. The lowest BCUT2D eigenvalue weighted by molar-refractivity contribution is -0.0809. The van der Waals surface area contributed by atoms with Crippen LogP contribution in [0.5, 0.6) is 5.75 Å². The van der Waals surface area contributed by atoms with Crippen LogP contribution in [0.3, 0.4) is 0 Å². The van der Waals surface area contributed by atoms with Gasteiger partial charge in [-0.1, -0.05) is 36.4 Å². The van der Waals surface area contributed by atoms with Gasteiger partial charge in [0.2, 0.25) is 0 Å². The minimum Gasteiger partial charge on any atom is -0.497 e. The number of allylic oxidation sites excluding steroid dienone is 2. The molecule has 2 aromatic rings. The lowest BCUT2D eigenvalue weighted by atomic mass is 9.77. The molecule has 1 unspecified atom stereocenters. The van der Waals surface area contributed by atoms with Gasteiger partial charge in [-0.25, -0.2) is 0 Å². The fraction of sp³-hybridized carbons (Fsp3) is 0.300. The van der Waals surface area contributed by atoms with E-state index in [0.717, 1.165) is 24.4 Å². The van der Waals surface area contributed by atoms with Crippen LogP contribution in [0.1, 0.15) is 35.4 Å². The van der Waals surface area contributed by atoms with Crippen molar-refractivity contribution in [2.45, 2.75) is 31.5 Å². The topological polar surface area (TPSA) is 38.7 Å². The van der Waals surface area contributed by atoms with Crippen LogP contribution in [-0.4, -0.2) is 18.5 Å². The Balaban J connectivity index is 1.87. The van der Waals surface area contributed by atoms with E-state index in [0.29, 0.717) is 6.42 Å². The molecule has 1 heterocycles. The van der Waals surface area contributed by atoms with Crippen molar-refractivity contribution in [1.82, 2.24) is 0 Å². The van der Waals surface area contributed by atoms with E-state index < -0.39 is 6.29 Å². The van der Waals surface area contributed by atoms with Gasteiger partial charge in [-0.15, -0.1) is 0 Å². The molecule has 0 saturated carbocycles. The van der Waals surface area contributed by atoms with Gasteiger partial charge in [0, 0.05) is 24.3 Å². The zero-order valence-electron chi connectivity index (χ0n) is 13.2. The zero-order valence-corrected chi connectivity index (χ0v) is 13.2. The summed E-state index contributed by atoms with van der Waals surface area (Å²) in [7, 11) is 1.69. The summed E-state index contributed by atoms with van der Waals surface area (Å²) >= 11 is 0. The zero-order chi connectivity index (χ0) is 15.8. The molecule has 0 amide bonds. The molecule has 3 nitrogen and oxygen atoms in total. The van der Waals surface area contributed by atoms with Crippen molar-refractivity contribution < 1.29 is 14.6 Å². The third kappa shape index (κ3) is 2.51. The van der Waals surface area contributed by atoms with Crippen LogP contribution >= 0.6 is 0 Å². The predicted octanol–water partition coefficient (Wildman–Crippen LogP) is 3.88. The number of aliphatic hydroxyl groups is 1. The monoisotopic (exact) mass is 308 g/mol. The first-order valence-corrected chi connectivity index (χ1v) is 8.06. The molecule has 1 N–H and O–H groups in total. The van der Waals surface area contributed by atoms with E-state index in [1.54, 1.807) is 7.11 Å². The Labute approximate surface area is 136 Å². The van der Waals surface area contributed by atoms with Gasteiger partial charge in [0.1, 0.15) is 11.5 Å². The van der Waals surface area contributed by atoms with E-state index >= 15 is 0 Å². The van der Waals surface area contributed by atoms with Crippen molar-refractivity contribution in [2.24, 2.45) is 0 Å². The first kappa shape index (κ1) is 14.3. The SMILES string of the molecule is COc1ccc2c(c1)C1=C(CC2)OC(O)C[C@H]1c1ccccc1. The molecule has 0 bridgehead atoms. The van der Waals surface area contributed by atoms with Crippen molar-refractivity contribution >= 4 is 5.57 Å². The minimum atomic E-state index is -0.730. The lowest BCUT2D eigenvalue weighted by Gasteiger charge is -2.36. The number of rotatable bonds is 2. The summed E-state index contributed by atoms with van der Waals surface area (Å²) in [5.74, 6) is 1.94. The average Bonchev–Trinajstić information content (AvgIpc) is 2.60. The Kier molecular flexibility index (Phi) is 3.58. The minimum absolute atomic E-state index is 0.154. The summed E-state index contributed by atoms with van der Waals surface area (Å²) in [6.07, 6.45) is 1.63. The highest BCUT2D eigenvalue weighted by Crippen LogP contribution is 2.47. The van der Waals surface area contributed by atoms with Gasteiger partial charge in [-0.2, -0.15) is 0 Å². The largest absolute Gasteiger partial charge is 0.497 e. The van der Waals surface area contributed by atoms with Crippen LogP contribution in [0.15, 0.2) is 54.3 Å². The van der Waals surface area contributed by atoms with Gasteiger partial charge in [-0.05, 0) is 35.2 Å². The first-order chi connectivity index (χ1) is 11.3. The second kappa shape index (κ2) is 5.74. The Morgan fingerprint density at radius 1 is 1.09 bits per heavy atom. The summed E-state index contributed by atoms with van der Waals surface area (Å²) in [6, 6.07) is 16.6.